The molecule has 0 N–H and O–H groups in total. The third kappa shape index (κ3) is 2.18. The summed E-state index contributed by atoms with van der Waals surface area (Å²) in [6, 6.07) is 3.62. The van der Waals surface area contributed by atoms with E-state index in [1.54, 1.807) is 13.8 Å². The number of para-hydroxylation sites is 1. The zero-order valence-corrected chi connectivity index (χ0v) is 7.86. The van der Waals surface area contributed by atoms with Crippen molar-refractivity contribution in [2.45, 2.75) is 20.0 Å². The Balaban J connectivity index is 3.15. The van der Waals surface area contributed by atoms with E-state index in [0.29, 0.717) is 0 Å². The second-order valence-corrected chi connectivity index (χ2v) is 3.01. The topological polar surface area (TPSA) is 52.4 Å². The van der Waals surface area contributed by atoms with Gasteiger partial charge < -0.3 is 4.74 Å². The van der Waals surface area contributed by atoms with Gasteiger partial charge in [-0.3, -0.25) is 10.1 Å². The predicted octanol–water partition coefficient (Wildman–Crippen LogP) is 2.52. The molecule has 1 aromatic rings. The summed E-state index contributed by atoms with van der Waals surface area (Å²) in [6.07, 6.45) is -0.300. The number of benzene rings is 1. The lowest BCUT2D eigenvalue weighted by Crippen LogP contribution is -2.08. The maximum Gasteiger partial charge on any atom is 0.314 e. The van der Waals surface area contributed by atoms with E-state index in [2.05, 4.69) is 0 Å². The lowest BCUT2D eigenvalue weighted by Gasteiger charge is -2.10. The number of hydrogen-bond donors (Lipinski definition) is 0. The van der Waals surface area contributed by atoms with E-state index in [9.17, 15) is 14.5 Å². The molecule has 0 fully saturated rings. The van der Waals surface area contributed by atoms with Crippen LogP contribution >= 0.6 is 0 Å². The number of nitro groups is 1. The molecular weight excluding hydrogens is 189 g/mol. The highest BCUT2D eigenvalue weighted by Crippen LogP contribution is 2.30. The summed E-state index contributed by atoms with van der Waals surface area (Å²) in [4.78, 5) is 9.85. The zero-order valence-electron chi connectivity index (χ0n) is 7.86. The largest absolute Gasteiger partial charge is 0.482 e. The quantitative estimate of drug-likeness (QED) is 0.555. The Morgan fingerprint density at radius 1 is 1.50 bits per heavy atom. The lowest BCUT2D eigenvalue weighted by atomic mass is 10.3. The Labute approximate surface area is 80.5 Å². The molecule has 4 nitrogen and oxygen atoms in total. The standard InChI is InChI=1S/C9H10FNO3/c1-6(2)14-9-7(10)4-3-5-8(9)11(12)13/h3-6H,1-2H3. The molecule has 1 aromatic carbocycles. The Kier molecular flexibility index (Phi) is 3.01. The number of hydrogen-bond acceptors (Lipinski definition) is 3. The molecule has 0 aliphatic rings. The molecule has 0 atom stereocenters. The zero-order chi connectivity index (χ0) is 10.7. The second-order valence-electron chi connectivity index (χ2n) is 3.01. The van der Waals surface area contributed by atoms with E-state index < -0.39 is 10.7 Å². The van der Waals surface area contributed by atoms with Crippen LogP contribution in [-0.4, -0.2) is 11.0 Å². The monoisotopic (exact) mass is 199 g/mol. The van der Waals surface area contributed by atoms with Crippen LogP contribution in [0.4, 0.5) is 10.1 Å². The molecule has 0 aliphatic heterocycles. The summed E-state index contributed by atoms with van der Waals surface area (Å²) in [7, 11) is 0. The Hall–Kier alpha value is -1.65. The number of halogens is 1. The highest BCUT2D eigenvalue weighted by molar-refractivity contribution is 5.46. The minimum absolute atomic E-state index is 0.299. The third-order valence-electron chi connectivity index (χ3n) is 1.50. The molecule has 0 heterocycles. The third-order valence-corrected chi connectivity index (χ3v) is 1.50. The Morgan fingerprint density at radius 2 is 2.14 bits per heavy atom. The van der Waals surface area contributed by atoms with Crippen LogP contribution in [0.5, 0.6) is 5.75 Å². The fourth-order valence-corrected chi connectivity index (χ4v) is 0.994. The molecule has 0 aliphatic carbocycles. The van der Waals surface area contributed by atoms with Crippen LogP contribution in [0.3, 0.4) is 0 Å². The van der Waals surface area contributed by atoms with E-state index in [1.807, 2.05) is 0 Å². The SMILES string of the molecule is CC(C)Oc1c(F)cccc1[N+](=O)[O-]. The summed E-state index contributed by atoms with van der Waals surface area (Å²) in [5.74, 6) is -1.01. The predicted molar refractivity (Wildman–Crippen MR) is 48.8 cm³/mol. The van der Waals surface area contributed by atoms with Gasteiger partial charge >= 0.3 is 5.69 Å². The molecule has 0 saturated heterocycles. The normalized spacial score (nSPS) is 10.3. The van der Waals surface area contributed by atoms with Crippen molar-refractivity contribution in [2.24, 2.45) is 0 Å². The van der Waals surface area contributed by atoms with Gasteiger partial charge in [-0.2, -0.15) is 0 Å². The Morgan fingerprint density at radius 3 is 2.64 bits per heavy atom. The molecular formula is C9H10FNO3. The highest BCUT2D eigenvalue weighted by Gasteiger charge is 2.19. The molecule has 0 amide bonds. The highest BCUT2D eigenvalue weighted by atomic mass is 19.1. The van der Waals surface area contributed by atoms with E-state index in [0.717, 1.165) is 6.07 Å². The van der Waals surface area contributed by atoms with Crippen LogP contribution in [0.15, 0.2) is 18.2 Å². The van der Waals surface area contributed by atoms with Crippen LogP contribution < -0.4 is 4.74 Å². The number of ether oxygens (including phenoxy) is 1. The van der Waals surface area contributed by atoms with Gasteiger partial charge in [0.05, 0.1) is 11.0 Å². The van der Waals surface area contributed by atoms with Crippen molar-refractivity contribution in [3.05, 3.63) is 34.1 Å². The van der Waals surface area contributed by atoms with Crippen molar-refractivity contribution >= 4 is 5.69 Å². The molecule has 0 saturated carbocycles. The maximum atomic E-state index is 13.1. The van der Waals surface area contributed by atoms with Crippen LogP contribution in [0.2, 0.25) is 0 Å². The van der Waals surface area contributed by atoms with Crippen LogP contribution in [0.25, 0.3) is 0 Å². The first-order chi connectivity index (χ1) is 6.52. The summed E-state index contributed by atoms with van der Waals surface area (Å²) in [5, 5.41) is 10.5. The fraction of sp³-hybridized carbons (Fsp3) is 0.333. The van der Waals surface area contributed by atoms with Gasteiger partial charge in [-0.1, -0.05) is 6.07 Å². The van der Waals surface area contributed by atoms with Gasteiger partial charge in [0.2, 0.25) is 5.75 Å². The minimum atomic E-state index is -0.715. The van der Waals surface area contributed by atoms with Crippen LogP contribution in [0.1, 0.15) is 13.8 Å². The molecule has 0 bridgehead atoms. The van der Waals surface area contributed by atoms with E-state index in [4.69, 9.17) is 4.74 Å². The molecule has 14 heavy (non-hydrogen) atoms. The summed E-state index contributed by atoms with van der Waals surface area (Å²) in [5.41, 5.74) is -0.348. The second kappa shape index (κ2) is 4.04. The first-order valence-electron chi connectivity index (χ1n) is 4.12. The summed E-state index contributed by atoms with van der Waals surface area (Å²) < 4.78 is 18.2. The minimum Gasteiger partial charge on any atom is -0.482 e. The number of nitrogens with zero attached hydrogens (tertiary/aromatic N) is 1. The first-order valence-corrected chi connectivity index (χ1v) is 4.12. The lowest BCUT2D eigenvalue weighted by molar-refractivity contribution is -0.386. The molecule has 5 heteroatoms. The molecule has 76 valence electrons. The van der Waals surface area contributed by atoms with Crippen molar-refractivity contribution in [3.8, 4) is 5.75 Å². The van der Waals surface area contributed by atoms with Crippen molar-refractivity contribution in [2.75, 3.05) is 0 Å². The van der Waals surface area contributed by atoms with Gasteiger partial charge in [-0.25, -0.2) is 4.39 Å². The van der Waals surface area contributed by atoms with Crippen LogP contribution in [0, 0.1) is 15.9 Å². The molecule has 0 radical (unpaired) electrons. The van der Waals surface area contributed by atoms with Gasteiger partial charge in [-0.15, -0.1) is 0 Å². The maximum absolute atomic E-state index is 13.1. The van der Waals surface area contributed by atoms with Crippen molar-refractivity contribution in [1.82, 2.24) is 0 Å². The van der Waals surface area contributed by atoms with E-state index in [-0.39, 0.29) is 17.5 Å². The average molecular weight is 199 g/mol. The molecule has 0 unspecified atom stereocenters. The van der Waals surface area contributed by atoms with Crippen molar-refractivity contribution < 1.29 is 14.1 Å². The van der Waals surface area contributed by atoms with Crippen molar-refractivity contribution in [3.63, 3.8) is 0 Å². The first kappa shape index (κ1) is 10.4. The molecule has 0 aromatic heterocycles. The van der Waals surface area contributed by atoms with Gasteiger partial charge in [0, 0.05) is 6.07 Å². The summed E-state index contributed by atoms with van der Waals surface area (Å²) in [6.45, 7) is 3.35. The van der Waals surface area contributed by atoms with Crippen LogP contribution in [-0.2, 0) is 0 Å². The smallest absolute Gasteiger partial charge is 0.314 e. The van der Waals surface area contributed by atoms with Crippen molar-refractivity contribution in [1.29, 1.82) is 0 Å². The molecule has 1 rings (SSSR count). The number of rotatable bonds is 3. The summed E-state index contributed by atoms with van der Waals surface area (Å²) >= 11 is 0. The van der Waals surface area contributed by atoms with Gasteiger partial charge in [0.1, 0.15) is 0 Å². The van der Waals surface area contributed by atoms with Gasteiger partial charge in [0.15, 0.2) is 5.82 Å². The Bertz CT molecular complexity index is 352. The fourth-order valence-electron chi connectivity index (χ4n) is 0.994. The van der Waals surface area contributed by atoms with E-state index in [1.165, 1.54) is 12.1 Å². The van der Waals surface area contributed by atoms with Gasteiger partial charge in [0.25, 0.3) is 0 Å². The van der Waals surface area contributed by atoms with E-state index >= 15 is 0 Å². The molecule has 0 spiro atoms. The number of nitro benzene ring substituents is 1. The van der Waals surface area contributed by atoms with Gasteiger partial charge in [-0.05, 0) is 19.9 Å². The average Bonchev–Trinajstić information content (AvgIpc) is 2.07.